The lowest BCUT2D eigenvalue weighted by molar-refractivity contribution is -0.132. The molecule has 4 aromatic rings. The van der Waals surface area contributed by atoms with E-state index in [4.69, 9.17) is 14.2 Å². The highest BCUT2D eigenvalue weighted by molar-refractivity contribution is 7.17. The van der Waals surface area contributed by atoms with Crippen molar-refractivity contribution >= 4 is 39.9 Å². The molecule has 1 aromatic heterocycles. The molecule has 1 unspecified atom stereocenters. The number of carbonyl (C=O) groups is 3. The zero-order chi connectivity index (χ0) is 30.5. The van der Waals surface area contributed by atoms with E-state index in [0.29, 0.717) is 41.5 Å². The van der Waals surface area contributed by atoms with Crippen molar-refractivity contribution in [2.24, 2.45) is 0 Å². The average molecular weight is 599 g/mol. The van der Waals surface area contributed by atoms with Gasteiger partial charge in [-0.2, -0.15) is 0 Å². The number of aliphatic hydroxyl groups is 1. The summed E-state index contributed by atoms with van der Waals surface area (Å²) in [5.74, 6) is -1.45. The maximum Gasteiger partial charge on any atom is 0.350 e. The van der Waals surface area contributed by atoms with E-state index >= 15 is 0 Å². The van der Waals surface area contributed by atoms with Crippen LogP contribution in [0.25, 0.3) is 5.76 Å². The van der Waals surface area contributed by atoms with Crippen LogP contribution in [-0.4, -0.2) is 41.0 Å². The van der Waals surface area contributed by atoms with Gasteiger partial charge in [-0.05, 0) is 68.3 Å². The number of ether oxygens (including phenoxy) is 3. The quantitative estimate of drug-likeness (QED) is 0.0989. The molecule has 43 heavy (non-hydrogen) atoms. The van der Waals surface area contributed by atoms with Crippen LogP contribution in [0.2, 0.25) is 0 Å². The van der Waals surface area contributed by atoms with E-state index in [1.54, 1.807) is 62.4 Å². The monoisotopic (exact) mass is 598 g/mol. The Balaban J connectivity index is 1.54. The molecular formula is C33H30N2O7S. The minimum absolute atomic E-state index is 0.0994. The molecule has 1 atom stereocenters. The van der Waals surface area contributed by atoms with Crippen LogP contribution < -0.4 is 14.4 Å². The van der Waals surface area contributed by atoms with Crippen LogP contribution in [-0.2, 0) is 20.9 Å². The van der Waals surface area contributed by atoms with Gasteiger partial charge in [-0.15, -0.1) is 0 Å². The Morgan fingerprint density at radius 1 is 0.907 bits per heavy atom. The van der Waals surface area contributed by atoms with Gasteiger partial charge in [0.2, 0.25) is 0 Å². The van der Waals surface area contributed by atoms with E-state index in [9.17, 15) is 19.5 Å². The fourth-order valence-electron chi connectivity index (χ4n) is 4.73. The second-order valence-electron chi connectivity index (χ2n) is 9.60. The molecule has 1 N–H and O–H groups in total. The number of hydrogen-bond acceptors (Lipinski definition) is 9. The Bertz CT molecular complexity index is 1660. The van der Waals surface area contributed by atoms with Gasteiger partial charge in [0.15, 0.2) is 5.13 Å². The summed E-state index contributed by atoms with van der Waals surface area (Å²) in [5.41, 5.74) is 2.17. The number of amides is 1. The second kappa shape index (κ2) is 12.9. The number of hydrogen-bond donors (Lipinski definition) is 1. The number of ketones is 1. The maximum atomic E-state index is 13.5. The number of anilines is 1. The Labute approximate surface area is 253 Å². The zero-order valence-corrected chi connectivity index (χ0v) is 24.7. The number of carbonyl (C=O) groups excluding carboxylic acids is 3. The highest BCUT2D eigenvalue weighted by Gasteiger charge is 2.48. The molecule has 1 saturated heterocycles. The number of nitrogens with zero attached hydrogens (tertiary/aromatic N) is 2. The van der Waals surface area contributed by atoms with Gasteiger partial charge >= 0.3 is 11.9 Å². The van der Waals surface area contributed by atoms with E-state index in [0.717, 1.165) is 16.9 Å². The molecule has 0 aliphatic carbocycles. The van der Waals surface area contributed by atoms with Crippen molar-refractivity contribution in [3.8, 4) is 11.5 Å². The third-order valence-electron chi connectivity index (χ3n) is 6.78. The molecule has 1 fully saturated rings. The van der Waals surface area contributed by atoms with Gasteiger partial charge < -0.3 is 19.3 Å². The van der Waals surface area contributed by atoms with Crippen molar-refractivity contribution in [3.63, 3.8) is 0 Å². The topological polar surface area (TPSA) is 115 Å². The number of rotatable bonds is 10. The largest absolute Gasteiger partial charge is 0.507 e. The van der Waals surface area contributed by atoms with Crippen molar-refractivity contribution in [2.45, 2.75) is 33.4 Å². The van der Waals surface area contributed by atoms with Gasteiger partial charge in [-0.3, -0.25) is 14.5 Å². The molecule has 1 amide bonds. The molecule has 2 heterocycles. The molecule has 10 heteroatoms. The Hall–Kier alpha value is -4.96. The molecule has 3 aromatic carbocycles. The number of Topliss-reactive ketones (excluding diaryl/α,β-unsaturated/α-hetero) is 1. The fraction of sp³-hybridized carbons (Fsp3) is 0.212. The molecule has 1 aliphatic heterocycles. The van der Waals surface area contributed by atoms with Crippen LogP contribution in [0.15, 0.2) is 84.4 Å². The first kappa shape index (κ1) is 29.5. The minimum atomic E-state index is -1.01. The second-order valence-corrected chi connectivity index (χ2v) is 10.6. The van der Waals surface area contributed by atoms with Crippen molar-refractivity contribution in [1.29, 1.82) is 0 Å². The predicted octanol–water partition coefficient (Wildman–Crippen LogP) is 6.23. The standard InChI is InChI=1S/C33H30N2O7S/c1-4-40-24-15-11-22(12-16-24)27-26(28(36)23-13-17-25(18-14-23)42-19-21-9-7-6-8-10-21)29(37)31(38)35(27)33-34-20(3)30(43-33)32(39)41-5-2/h6-18,27,36H,4-5,19H2,1-3H3/b28-26+. The van der Waals surface area contributed by atoms with Crippen LogP contribution in [0.4, 0.5) is 5.13 Å². The summed E-state index contributed by atoms with van der Waals surface area (Å²) in [4.78, 5) is 45.5. The van der Waals surface area contributed by atoms with Crippen molar-refractivity contribution in [1.82, 2.24) is 4.98 Å². The Morgan fingerprint density at radius 3 is 2.21 bits per heavy atom. The van der Waals surface area contributed by atoms with Gasteiger partial charge in [-0.1, -0.05) is 53.8 Å². The van der Waals surface area contributed by atoms with Crippen LogP contribution in [0.3, 0.4) is 0 Å². The average Bonchev–Trinajstić information content (AvgIpc) is 3.53. The van der Waals surface area contributed by atoms with E-state index in [1.165, 1.54) is 4.90 Å². The zero-order valence-electron chi connectivity index (χ0n) is 23.9. The SMILES string of the molecule is CCOC(=O)c1sc(N2C(=O)C(=O)/C(=C(/O)c3ccc(OCc4ccccc4)cc3)C2c2ccc(OCC)cc2)nc1C. The summed E-state index contributed by atoms with van der Waals surface area (Å²) >= 11 is 0.957. The first-order chi connectivity index (χ1) is 20.8. The molecule has 220 valence electrons. The van der Waals surface area contributed by atoms with Gasteiger partial charge in [0.05, 0.1) is 30.5 Å². The summed E-state index contributed by atoms with van der Waals surface area (Å²) in [6, 6.07) is 22.3. The van der Waals surface area contributed by atoms with Crippen molar-refractivity contribution in [2.75, 3.05) is 18.1 Å². The summed E-state index contributed by atoms with van der Waals surface area (Å²) in [6.45, 7) is 6.22. The van der Waals surface area contributed by atoms with E-state index in [2.05, 4.69) is 4.98 Å². The number of aromatic nitrogens is 1. The minimum Gasteiger partial charge on any atom is -0.507 e. The maximum absolute atomic E-state index is 13.5. The number of aryl methyl sites for hydroxylation is 1. The summed E-state index contributed by atoms with van der Waals surface area (Å²) in [6.07, 6.45) is 0. The highest BCUT2D eigenvalue weighted by Crippen LogP contribution is 2.44. The molecule has 1 aliphatic rings. The van der Waals surface area contributed by atoms with Gasteiger partial charge in [-0.25, -0.2) is 9.78 Å². The molecular weight excluding hydrogens is 568 g/mol. The number of aliphatic hydroxyl groups excluding tert-OH is 1. The van der Waals surface area contributed by atoms with Crippen LogP contribution in [0.5, 0.6) is 11.5 Å². The first-order valence-electron chi connectivity index (χ1n) is 13.8. The Morgan fingerprint density at radius 2 is 1.56 bits per heavy atom. The molecule has 0 bridgehead atoms. The fourth-order valence-corrected chi connectivity index (χ4v) is 5.72. The molecule has 0 radical (unpaired) electrons. The smallest absolute Gasteiger partial charge is 0.350 e. The van der Waals surface area contributed by atoms with Crippen molar-refractivity contribution in [3.05, 3.63) is 112 Å². The normalized spacial score (nSPS) is 15.9. The van der Waals surface area contributed by atoms with E-state index in [1.807, 2.05) is 37.3 Å². The summed E-state index contributed by atoms with van der Waals surface area (Å²) in [5, 5.41) is 11.6. The Kier molecular flexibility index (Phi) is 8.87. The van der Waals surface area contributed by atoms with E-state index < -0.39 is 23.7 Å². The van der Waals surface area contributed by atoms with Crippen LogP contribution >= 0.6 is 11.3 Å². The summed E-state index contributed by atoms with van der Waals surface area (Å²) in [7, 11) is 0. The predicted molar refractivity (Wildman–Crippen MR) is 162 cm³/mol. The molecule has 5 rings (SSSR count). The van der Waals surface area contributed by atoms with E-state index in [-0.39, 0.29) is 27.9 Å². The number of benzene rings is 3. The lowest BCUT2D eigenvalue weighted by Gasteiger charge is -2.23. The van der Waals surface area contributed by atoms with Crippen LogP contribution in [0, 0.1) is 6.92 Å². The summed E-state index contributed by atoms with van der Waals surface area (Å²) < 4.78 is 16.6. The van der Waals surface area contributed by atoms with Crippen molar-refractivity contribution < 1.29 is 33.7 Å². The third-order valence-corrected chi connectivity index (χ3v) is 7.92. The molecule has 9 nitrogen and oxygen atoms in total. The molecule has 0 saturated carbocycles. The van der Waals surface area contributed by atoms with Gasteiger partial charge in [0.1, 0.15) is 28.7 Å². The molecule has 0 spiro atoms. The number of esters is 1. The van der Waals surface area contributed by atoms with Crippen LogP contribution in [0.1, 0.15) is 51.9 Å². The lowest BCUT2D eigenvalue weighted by Crippen LogP contribution is -2.29. The first-order valence-corrected chi connectivity index (χ1v) is 14.6. The van der Waals surface area contributed by atoms with Gasteiger partial charge in [0.25, 0.3) is 5.78 Å². The van der Waals surface area contributed by atoms with Gasteiger partial charge in [0, 0.05) is 5.56 Å². The lowest BCUT2D eigenvalue weighted by atomic mass is 9.95. The third kappa shape index (κ3) is 6.14. The number of thiazole rings is 1. The highest BCUT2D eigenvalue weighted by atomic mass is 32.1.